The van der Waals surface area contributed by atoms with Crippen LogP contribution in [0.25, 0.3) is 22.6 Å². The first-order valence-corrected chi connectivity index (χ1v) is 9.10. The molecule has 1 N–H and O–H groups in total. The van der Waals surface area contributed by atoms with E-state index >= 15 is 0 Å². The molecule has 1 amide bonds. The first-order chi connectivity index (χ1) is 14.8. The molecule has 4 rings (SSSR count). The number of carbonyl (C=O) groups is 1. The van der Waals surface area contributed by atoms with Crippen LogP contribution in [0.5, 0.6) is 0 Å². The SMILES string of the molecule is O=C(Nc1ccccc1-c1nc2cc(Cl)ccc2o1)c1cc([N+](=O)[O-])cc([N+](=O)[O-])c1. The van der Waals surface area contributed by atoms with Gasteiger partial charge in [0.1, 0.15) is 5.52 Å². The summed E-state index contributed by atoms with van der Waals surface area (Å²) in [5.74, 6) is -0.545. The Morgan fingerprint density at radius 2 is 1.65 bits per heavy atom. The normalized spacial score (nSPS) is 10.7. The maximum atomic E-state index is 12.7. The zero-order valence-electron chi connectivity index (χ0n) is 15.4. The standard InChI is InChI=1S/C20H11ClN4O6/c21-12-5-6-18-17(9-12)23-20(31-18)15-3-1-2-4-16(15)22-19(26)11-7-13(24(27)28)10-14(8-11)25(29)30/h1-10H,(H,22,26). The number of carbonyl (C=O) groups excluding carboxylic acids is 1. The van der Waals surface area contributed by atoms with Gasteiger partial charge in [0, 0.05) is 17.2 Å². The number of nitro groups is 2. The number of anilines is 1. The fourth-order valence-corrected chi connectivity index (χ4v) is 3.09. The minimum Gasteiger partial charge on any atom is -0.436 e. The van der Waals surface area contributed by atoms with E-state index in [1.165, 1.54) is 0 Å². The third kappa shape index (κ3) is 4.05. The van der Waals surface area contributed by atoms with Gasteiger partial charge in [0.15, 0.2) is 5.58 Å². The summed E-state index contributed by atoms with van der Waals surface area (Å²) >= 11 is 5.98. The highest BCUT2D eigenvalue weighted by Crippen LogP contribution is 2.32. The Morgan fingerprint density at radius 3 is 2.32 bits per heavy atom. The highest BCUT2D eigenvalue weighted by atomic mass is 35.5. The van der Waals surface area contributed by atoms with Gasteiger partial charge in [-0.3, -0.25) is 25.0 Å². The van der Waals surface area contributed by atoms with E-state index in [9.17, 15) is 25.0 Å². The minimum atomic E-state index is -0.804. The molecule has 0 spiro atoms. The van der Waals surface area contributed by atoms with Gasteiger partial charge in [0.2, 0.25) is 5.89 Å². The number of halogens is 1. The van der Waals surface area contributed by atoms with Crippen LogP contribution in [0.4, 0.5) is 17.1 Å². The smallest absolute Gasteiger partial charge is 0.277 e. The lowest BCUT2D eigenvalue weighted by molar-refractivity contribution is -0.394. The third-order valence-electron chi connectivity index (χ3n) is 4.34. The fourth-order valence-electron chi connectivity index (χ4n) is 2.93. The first kappa shape index (κ1) is 20.0. The molecule has 154 valence electrons. The van der Waals surface area contributed by atoms with Gasteiger partial charge in [-0.25, -0.2) is 4.98 Å². The lowest BCUT2D eigenvalue weighted by atomic mass is 10.1. The Hall–Kier alpha value is -4.31. The molecule has 1 aromatic heterocycles. The van der Waals surface area contributed by atoms with Crippen molar-refractivity contribution >= 4 is 45.7 Å². The van der Waals surface area contributed by atoms with Crippen molar-refractivity contribution in [2.24, 2.45) is 0 Å². The number of amides is 1. The zero-order chi connectivity index (χ0) is 22.1. The minimum absolute atomic E-state index is 0.221. The molecule has 31 heavy (non-hydrogen) atoms. The average Bonchev–Trinajstić information content (AvgIpc) is 3.16. The van der Waals surface area contributed by atoms with Crippen LogP contribution in [0.3, 0.4) is 0 Å². The molecule has 0 aliphatic carbocycles. The van der Waals surface area contributed by atoms with Gasteiger partial charge in [-0.1, -0.05) is 23.7 Å². The van der Waals surface area contributed by atoms with Crippen LogP contribution in [0, 0.1) is 20.2 Å². The molecule has 0 aliphatic rings. The van der Waals surface area contributed by atoms with Crippen molar-refractivity contribution in [3.63, 3.8) is 0 Å². The summed E-state index contributed by atoms with van der Waals surface area (Å²) < 4.78 is 5.74. The number of oxazole rings is 1. The molecule has 3 aromatic carbocycles. The predicted molar refractivity (Wildman–Crippen MR) is 112 cm³/mol. The molecular formula is C20H11ClN4O6. The Bertz CT molecular complexity index is 1330. The van der Waals surface area contributed by atoms with E-state index in [1.54, 1.807) is 42.5 Å². The summed E-state index contributed by atoms with van der Waals surface area (Å²) in [5.41, 5.74) is 0.405. The summed E-state index contributed by atoms with van der Waals surface area (Å²) in [4.78, 5) is 37.7. The largest absolute Gasteiger partial charge is 0.436 e. The number of nitrogens with zero attached hydrogens (tertiary/aromatic N) is 3. The monoisotopic (exact) mass is 438 g/mol. The van der Waals surface area contributed by atoms with E-state index in [1.807, 2.05) is 0 Å². The zero-order valence-corrected chi connectivity index (χ0v) is 16.2. The van der Waals surface area contributed by atoms with E-state index in [2.05, 4.69) is 10.3 Å². The summed E-state index contributed by atoms with van der Waals surface area (Å²) in [6.45, 7) is 0. The molecule has 0 saturated heterocycles. The lowest BCUT2D eigenvalue weighted by Gasteiger charge is -2.09. The van der Waals surface area contributed by atoms with Crippen LogP contribution in [0.2, 0.25) is 5.02 Å². The van der Waals surface area contributed by atoms with Crippen molar-refractivity contribution in [1.82, 2.24) is 4.98 Å². The number of hydrogen-bond donors (Lipinski definition) is 1. The molecule has 0 unspecified atom stereocenters. The Balaban J connectivity index is 1.71. The second-order valence-corrected chi connectivity index (χ2v) is 6.82. The van der Waals surface area contributed by atoms with Crippen molar-refractivity contribution < 1.29 is 19.1 Å². The van der Waals surface area contributed by atoms with Crippen molar-refractivity contribution in [3.8, 4) is 11.5 Å². The van der Waals surface area contributed by atoms with Crippen LogP contribution in [0.1, 0.15) is 10.4 Å². The molecule has 10 nitrogen and oxygen atoms in total. The second kappa shape index (κ2) is 7.84. The maximum Gasteiger partial charge on any atom is 0.277 e. The molecule has 4 aromatic rings. The van der Waals surface area contributed by atoms with E-state index in [-0.39, 0.29) is 11.5 Å². The van der Waals surface area contributed by atoms with E-state index in [4.69, 9.17) is 16.0 Å². The highest BCUT2D eigenvalue weighted by Gasteiger charge is 2.21. The Kier molecular flexibility index (Phi) is 5.05. The van der Waals surface area contributed by atoms with Gasteiger partial charge in [0.05, 0.1) is 32.7 Å². The maximum absolute atomic E-state index is 12.7. The van der Waals surface area contributed by atoms with E-state index in [0.717, 1.165) is 18.2 Å². The number of nitrogens with one attached hydrogen (secondary N) is 1. The van der Waals surface area contributed by atoms with Gasteiger partial charge in [-0.15, -0.1) is 0 Å². The molecular weight excluding hydrogens is 428 g/mol. The van der Waals surface area contributed by atoms with Gasteiger partial charge in [-0.2, -0.15) is 0 Å². The van der Waals surface area contributed by atoms with Crippen molar-refractivity contribution in [2.75, 3.05) is 5.32 Å². The van der Waals surface area contributed by atoms with Crippen molar-refractivity contribution in [2.45, 2.75) is 0 Å². The van der Waals surface area contributed by atoms with Crippen LogP contribution >= 0.6 is 11.6 Å². The van der Waals surface area contributed by atoms with E-state index < -0.39 is 27.1 Å². The molecule has 1 heterocycles. The number of benzene rings is 3. The van der Waals surface area contributed by atoms with Gasteiger partial charge >= 0.3 is 0 Å². The molecule has 0 fully saturated rings. The fraction of sp³-hybridized carbons (Fsp3) is 0. The van der Waals surface area contributed by atoms with Gasteiger partial charge in [0.25, 0.3) is 17.3 Å². The van der Waals surface area contributed by atoms with Crippen molar-refractivity contribution in [1.29, 1.82) is 0 Å². The topological polar surface area (TPSA) is 141 Å². The van der Waals surface area contributed by atoms with Crippen LogP contribution < -0.4 is 5.32 Å². The van der Waals surface area contributed by atoms with Crippen molar-refractivity contribution in [3.05, 3.63) is 91.5 Å². The van der Waals surface area contributed by atoms with Gasteiger partial charge in [-0.05, 0) is 30.3 Å². The highest BCUT2D eigenvalue weighted by molar-refractivity contribution is 6.31. The summed E-state index contributed by atoms with van der Waals surface area (Å²) in [6, 6.07) is 14.3. The second-order valence-electron chi connectivity index (χ2n) is 6.38. The molecule has 0 atom stereocenters. The van der Waals surface area contributed by atoms with E-state index in [0.29, 0.717) is 27.4 Å². The summed E-state index contributed by atoms with van der Waals surface area (Å²) in [7, 11) is 0. The predicted octanol–water partition coefficient (Wildman–Crippen LogP) is 5.22. The van der Waals surface area contributed by atoms with Crippen LogP contribution in [-0.4, -0.2) is 20.7 Å². The van der Waals surface area contributed by atoms with Crippen LogP contribution in [-0.2, 0) is 0 Å². The van der Waals surface area contributed by atoms with Crippen LogP contribution in [0.15, 0.2) is 65.1 Å². The lowest BCUT2D eigenvalue weighted by Crippen LogP contribution is -2.13. The number of fused-ring (bicyclic) bond motifs is 1. The Labute approximate surface area is 178 Å². The number of rotatable bonds is 5. The molecule has 0 aliphatic heterocycles. The summed E-state index contributed by atoms with van der Waals surface area (Å²) in [5, 5.41) is 25.2. The molecule has 11 heteroatoms. The number of aromatic nitrogens is 1. The summed E-state index contributed by atoms with van der Waals surface area (Å²) in [6.07, 6.45) is 0. The van der Waals surface area contributed by atoms with Gasteiger partial charge < -0.3 is 9.73 Å². The molecule has 0 radical (unpaired) electrons. The number of nitro benzene ring substituents is 2. The number of para-hydroxylation sites is 1. The Morgan fingerprint density at radius 1 is 0.968 bits per heavy atom. The average molecular weight is 439 g/mol. The quantitative estimate of drug-likeness (QED) is 0.332. The molecule has 0 bridgehead atoms. The number of non-ortho nitro benzene ring substituents is 2. The number of hydrogen-bond acceptors (Lipinski definition) is 7. The first-order valence-electron chi connectivity index (χ1n) is 8.72. The molecule has 0 saturated carbocycles. The third-order valence-corrected chi connectivity index (χ3v) is 4.58.